The first-order valence-electron chi connectivity index (χ1n) is 11.4. The van der Waals surface area contributed by atoms with Crippen LogP contribution >= 0.6 is 0 Å². The summed E-state index contributed by atoms with van der Waals surface area (Å²) in [6.07, 6.45) is 36.0. The second-order valence-corrected chi connectivity index (χ2v) is 7.35. The molecule has 1 aromatic heterocycles. The predicted molar refractivity (Wildman–Crippen MR) is 134 cm³/mol. The summed E-state index contributed by atoms with van der Waals surface area (Å²) in [7, 11) is 0. The maximum Gasteiger partial charge on any atom is 0.307 e. The number of carboxylic acid groups (broad SMARTS) is 1. The molecule has 0 aromatic carbocycles. The number of nitrogens with zero attached hydrogens (tertiary/aromatic N) is 1. The highest BCUT2D eigenvalue weighted by molar-refractivity contribution is 5.79. The Hall–Kier alpha value is -3.14. The molecule has 0 saturated heterocycles. The van der Waals surface area contributed by atoms with Crippen LogP contribution in [0.4, 0.5) is 0 Å². The molecule has 0 unspecified atom stereocenters. The van der Waals surface area contributed by atoms with Crippen LogP contribution in [0.5, 0.6) is 0 Å². The molecule has 4 heteroatoms. The van der Waals surface area contributed by atoms with E-state index in [0.29, 0.717) is 18.4 Å². The van der Waals surface area contributed by atoms with Crippen molar-refractivity contribution in [2.75, 3.05) is 0 Å². The Labute approximate surface area is 193 Å². The smallest absolute Gasteiger partial charge is 0.307 e. The van der Waals surface area contributed by atoms with E-state index in [2.05, 4.69) is 73.8 Å². The summed E-state index contributed by atoms with van der Waals surface area (Å²) >= 11 is 0. The van der Waals surface area contributed by atoms with Crippen LogP contribution in [-0.4, -0.2) is 21.6 Å². The summed E-state index contributed by atoms with van der Waals surface area (Å²) < 4.78 is 1.47. The highest BCUT2D eigenvalue weighted by Gasteiger charge is 2.06. The third-order valence-electron chi connectivity index (χ3n) is 4.52. The van der Waals surface area contributed by atoms with Crippen molar-refractivity contribution in [3.8, 4) is 0 Å². The van der Waals surface area contributed by atoms with E-state index in [9.17, 15) is 9.59 Å². The van der Waals surface area contributed by atoms with Gasteiger partial charge in [-0.05, 0) is 56.6 Å². The number of hydrogen-bond donors (Lipinski definition) is 1. The Kier molecular flexibility index (Phi) is 15.6. The van der Waals surface area contributed by atoms with Gasteiger partial charge in [-0.3, -0.25) is 14.2 Å². The number of rotatable bonds is 16. The topological polar surface area (TPSA) is 59.3 Å². The molecule has 1 N–H and O–H groups in total. The number of allylic oxidation sites excluding steroid dienone is 12. The van der Waals surface area contributed by atoms with E-state index in [1.54, 1.807) is 18.5 Å². The van der Waals surface area contributed by atoms with Gasteiger partial charge in [0.25, 0.3) is 0 Å². The molecule has 0 bridgehead atoms. The predicted octanol–water partition coefficient (Wildman–Crippen LogP) is 7.23. The van der Waals surface area contributed by atoms with Crippen LogP contribution in [0.1, 0.15) is 68.6 Å². The Bertz CT molecular complexity index is 835. The zero-order valence-electron chi connectivity index (χ0n) is 19.2. The summed E-state index contributed by atoms with van der Waals surface area (Å²) in [5.74, 6) is -0.922. The van der Waals surface area contributed by atoms with Crippen LogP contribution in [-0.2, 0) is 11.2 Å². The molecule has 1 aromatic rings. The zero-order chi connectivity index (χ0) is 23.3. The van der Waals surface area contributed by atoms with Crippen molar-refractivity contribution >= 4 is 11.9 Å². The lowest BCUT2D eigenvalue weighted by Crippen LogP contribution is -2.07. The zero-order valence-corrected chi connectivity index (χ0v) is 19.2. The van der Waals surface area contributed by atoms with E-state index < -0.39 is 5.97 Å². The van der Waals surface area contributed by atoms with Crippen LogP contribution in [0.25, 0.3) is 0 Å². The fourth-order valence-electron chi connectivity index (χ4n) is 2.85. The van der Waals surface area contributed by atoms with Crippen molar-refractivity contribution in [2.45, 2.75) is 64.7 Å². The molecule has 0 radical (unpaired) electrons. The molecule has 4 nitrogen and oxygen atoms in total. The van der Waals surface area contributed by atoms with Gasteiger partial charge < -0.3 is 5.11 Å². The first kappa shape index (κ1) is 26.9. The van der Waals surface area contributed by atoms with Gasteiger partial charge in [-0.15, -0.1) is 0 Å². The van der Waals surface area contributed by atoms with Gasteiger partial charge >= 0.3 is 5.97 Å². The Balaban J connectivity index is 2.06. The van der Waals surface area contributed by atoms with Gasteiger partial charge in [0, 0.05) is 18.8 Å². The highest BCUT2D eigenvalue weighted by Crippen LogP contribution is 2.05. The number of carbonyl (C=O) groups is 2. The Morgan fingerprint density at radius 2 is 1.25 bits per heavy atom. The molecular weight excluding hydrogens is 398 g/mol. The number of aliphatic carboxylic acids is 1. The average Bonchev–Trinajstić information content (AvgIpc) is 3.23. The van der Waals surface area contributed by atoms with Gasteiger partial charge in [0.15, 0.2) is 0 Å². The Morgan fingerprint density at radius 3 is 1.72 bits per heavy atom. The monoisotopic (exact) mass is 435 g/mol. The molecule has 0 spiro atoms. The molecule has 32 heavy (non-hydrogen) atoms. The second-order valence-electron chi connectivity index (χ2n) is 7.35. The van der Waals surface area contributed by atoms with Crippen molar-refractivity contribution in [2.24, 2.45) is 0 Å². The van der Waals surface area contributed by atoms with Gasteiger partial charge in [-0.1, -0.05) is 79.8 Å². The summed E-state index contributed by atoms with van der Waals surface area (Å²) in [4.78, 5) is 22.8. The molecular formula is C28H37NO3. The van der Waals surface area contributed by atoms with Crippen molar-refractivity contribution in [1.29, 1.82) is 0 Å². The fourth-order valence-corrected chi connectivity index (χ4v) is 2.85. The highest BCUT2D eigenvalue weighted by atomic mass is 16.4. The molecule has 0 amide bonds. The number of carbonyl (C=O) groups excluding carboxylic acids is 1. The van der Waals surface area contributed by atoms with E-state index in [-0.39, 0.29) is 12.3 Å². The summed E-state index contributed by atoms with van der Waals surface area (Å²) in [5.41, 5.74) is 0.639. The minimum Gasteiger partial charge on any atom is -0.481 e. The summed E-state index contributed by atoms with van der Waals surface area (Å²) in [6, 6.07) is 1.67. The minimum atomic E-state index is -0.895. The van der Waals surface area contributed by atoms with Crippen LogP contribution in [0.15, 0.2) is 91.4 Å². The van der Waals surface area contributed by atoms with Crippen molar-refractivity contribution in [1.82, 2.24) is 4.57 Å². The molecule has 0 aliphatic heterocycles. The lowest BCUT2D eigenvalue weighted by molar-refractivity contribution is -0.136. The molecule has 0 fully saturated rings. The van der Waals surface area contributed by atoms with Crippen LogP contribution < -0.4 is 0 Å². The summed E-state index contributed by atoms with van der Waals surface area (Å²) in [6.45, 7) is 2.15. The molecule has 0 aliphatic rings. The molecule has 1 rings (SSSR count). The van der Waals surface area contributed by atoms with E-state index >= 15 is 0 Å². The van der Waals surface area contributed by atoms with Gasteiger partial charge in [-0.25, -0.2) is 0 Å². The third-order valence-corrected chi connectivity index (χ3v) is 4.52. The van der Waals surface area contributed by atoms with Crippen LogP contribution in [0.2, 0.25) is 0 Å². The molecule has 0 atom stereocenters. The lowest BCUT2D eigenvalue weighted by Gasteiger charge is -1.99. The van der Waals surface area contributed by atoms with E-state index in [1.165, 1.54) is 4.57 Å². The lowest BCUT2D eigenvalue weighted by atomic mass is 10.2. The Morgan fingerprint density at radius 1 is 0.781 bits per heavy atom. The van der Waals surface area contributed by atoms with E-state index in [4.69, 9.17) is 5.11 Å². The molecule has 0 saturated carbocycles. The maximum absolute atomic E-state index is 12.1. The molecule has 1 heterocycles. The van der Waals surface area contributed by atoms with Gasteiger partial charge in [0.2, 0.25) is 5.91 Å². The number of aromatic nitrogens is 1. The van der Waals surface area contributed by atoms with E-state index in [1.807, 2.05) is 6.08 Å². The molecule has 0 aliphatic carbocycles. The van der Waals surface area contributed by atoms with Crippen LogP contribution in [0.3, 0.4) is 0 Å². The van der Waals surface area contributed by atoms with Crippen molar-refractivity contribution < 1.29 is 14.7 Å². The maximum atomic E-state index is 12.1. The standard InChI is InChI=1S/C28H37NO3/c1-2-3-4-5-6-7-8-9-10-11-12-13-14-15-16-17-18-19-20-21-27(30)29-23-22-26(25-29)24-28(31)32/h3-4,6-7,9-10,12-13,15-16,18-19,22-23,25H,2,5,8,11,14,17,20-21,24H2,1H3,(H,31,32)/b4-3+,7-6+,10-9+,13-12+,16-15+,19-18+. The van der Waals surface area contributed by atoms with Gasteiger partial charge in [0.1, 0.15) is 0 Å². The number of carboxylic acids is 1. The summed E-state index contributed by atoms with van der Waals surface area (Å²) in [5, 5.41) is 8.77. The van der Waals surface area contributed by atoms with Gasteiger partial charge in [-0.2, -0.15) is 0 Å². The average molecular weight is 436 g/mol. The van der Waals surface area contributed by atoms with E-state index in [0.717, 1.165) is 38.5 Å². The van der Waals surface area contributed by atoms with Gasteiger partial charge in [0.05, 0.1) is 6.42 Å². The fraction of sp³-hybridized carbons (Fsp3) is 0.357. The first-order chi connectivity index (χ1) is 15.6. The first-order valence-corrected chi connectivity index (χ1v) is 11.4. The quantitative estimate of drug-likeness (QED) is 0.279. The van der Waals surface area contributed by atoms with Crippen molar-refractivity contribution in [3.05, 3.63) is 96.9 Å². The third kappa shape index (κ3) is 14.8. The minimum absolute atomic E-state index is 0.0267. The second kappa shape index (κ2) is 18.6. The number of hydrogen-bond acceptors (Lipinski definition) is 2. The molecule has 172 valence electrons. The van der Waals surface area contributed by atoms with Crippen LogP contribution in [0, 0.1) is 0 Å². The normalized spacial score (nSPS) is 12.7. The SMILES string of the molecule is CC/C=C/C/C=C/C/C=C/C/C=C/C/C=C/C/C=C/CCC(=O)n1ccc(CC(=O)O)c1. The largest absolute Gasteiger partial charge is 0.481 e. The van der Waals surface area contributed by atoms with Crippen molar-refractivity contribution in [3.63, 3.8) is 0 Å².